The highest BCUT2D eigenvalue weighted by atomic mass is 79.9. The van der Waals surface area contributed by atoms with Crippen molar-refractivity contribution in [3.63, 3.8) is 0 Å². The fourth-order valence-electron chi connectivity index (χ4n) is 2.59. The fraction of sp³-hybridized carbons (Fsp3) is 0.267. The van der Waals surface area contributed by atoms with E-state index in [4.69, 9.17) is 9.15 Å². The summed E-state index contributed by atoms with van der Waals surface area (Å²) in [6, 6.07) is 4.50. The Balaban J connectivity index is 2.05. The molecule has 0 saturated heterocycles. The molecule has 0 fully saturated rings. The van der Waals surface area contributed by atoms with Gasteiger partial charge in [0, 0.05) is 6.07 Å². The van der Waals surface area contributed by atoms with Gasteiger partial charge in [-0.1, -0.05) is 0 Å². The molecule has 6 nitrogen and oxygen atoms in total. The van der Waals surface area contributed by atoms with Gasteiger partial charge in [0.05, 0.1) is 15.7 Å². The third-order valence-electron chi connectivity index (χ3n) is 3.63. The molecule has 0 amide bonds. The van der Waals surface area contributed by atoms with Gasteiger partial charge in [0.25, 0.3) is 0 Å². The molecule has 1 heterocycles. The van der Waals surface area contributed by atoms with E-state index >= 15 is 0 Å². The van der Waals surface area contributed by atoms with Crippen molar-refractivity contribution in [2.75, 3.05) is 0 Å². The standard InChI is InChI=1S/C15H12BrNO5/c16-13-10-5-2-1-4-9(10)8-11(17(19)20)14(13)22-15(18)12-6-3-7-21-12/h3,6-8H,1-2,4-5H2. The molecular weight excluding hydrogens is 354 g/mol. The van der Waals surface area contributed by atoms with E-state index in [9.17, 15) is 14.9 Å². The number of nitro groups is 1. The lowest BCUT2D eigenvalue weighted by Crippen LogP contribution is -2.12. The number of hydrogen-bond acceptors (Lipinski definition) is 5. The number of nitrogens with zero attached hydrogens (tertiary/aromatic N) is 1. The zero-order valence-electron chi connectivity index (χ0n) is 11.5. The molecule has 1 aliphatic carbocycles. The summed E-state index contributed by atoms with van der Waals surface area (Å²) in [7, 11) is 0. The second kappa shape index (κ2) is 5.92. The maximum atomic E-state index is 12.0. The predicted molar refractivity (Wildman–Crippen MR) is 81.1 cm³/mol. The summed E-state index contributed by atoms with van der Waals surface area (Å²) in [6.45, 7) is 0. The van der Waals surface area contributed by atoms with E-state index in [1.807, 2.05) is 0 Å². The quantitative estimate of drug-likeness (QED) is 0.354. The molecule has 0 radical (unpaired) electrons. The van der Waals surface area contributed by atoms with Gasteiger partial charge in [0.15, 0.2) is 0 Å². The SMILES string of the molecule is O=C(Oc1c([N+](=O)[O-])cc2c(c1Br)CCCC2)c1ccco1. The molecule has 2 aromatic rings. The summed E-state index contributed by atoms with van der Waals surface area (Å²) < 4.78 is 10.7. The molecule has 0 bridgehead atoms. The average molecular weight is 366 g/mol. The van der Waals surface area contributed by atoms with E-state index in [0.717, 1.165) is 36.8 Å². The van der Waals surface area contributed by atoms with Crippen LogP contribution in [0.15, 0.2) is 33.4 Å². The van der Waals surface area contributed by atoms with Crippen LogP contribution >= 0.6 is 15.9 Å². The Bertz CT molecular complexity index is 739. The second-order valence-electron chi connectivity index (χ2n) is 5.01. The van der Waals surface area contributed by atoms with Crippen molar-refractivity contribution in [3.05, 3.63) is 55.9 Å². The van der Waals surface area contributed by atoms with Crippen molar-refractivity contribution in [1.29, 1.82) is 0 Å². The average Bonchev–Trinajstić information content (AvgIpc) is 3.04. The molecule has 7 heteroatoms. The maximum Gasteiger partial charge on any atom is 0.379 e. The summed E-state index contributed by atoms with van der Waals surface area (Å²) in [5.41, 5.74) is 1.69. The number of hydrogen-bond donors (Lipinski definition) is 0. The summed E-state index contributed by atoms with van der Waals surface area (Å²) >= 11 is 3.37. The molecule has 0 atom stereocenters. The molecule has 0 unspecified atom stereocenters. The molecule has 0 saturated carbocycles. The Morgan fingerprint density at radius 2 is 2.14 bits per heavy atom. The van der Waals surface area contributed by atoms with Crippen LogP contribution in [0.4, 0.5) is 5.69 Å². The fourth-order valence-corrected chi connectivity index (χ4v) is 3.33. The van der Waals surface area contributed by atoms with Crippen molar-refractivity contribution < 1.29 is 18.9 Å². The zero-order chi connectivity index (χ0) is 15.7. The van der Waals surface area contributed by atoms with Gasteiger partial charge in [-0.05, 0) is 64.9 Å². The topological polar surface area (TPSA) is 82.6 Å². The summed E-state index contributed by atoms with van der Waals surface area (Å²) in [6.07, 6.45) is 4.95. The molecule has 0 spiro atoms. The maximum absolute atomic E-state index is 12.0. The first kappa shape index (κ1) is 14.8. The van der Waals surface area contributed by atoms with Gasteiger partial charge in [0.1, 0.15) is 0 Å². The van der Waals surface area contributed by atoms with E-state index in [-0.39, 0.29) is 17.2 Å². The highest BCUT2D eigenvalue weighted by molar-refractivity contribution is 9.10. The van der Waals surface area contributed by atoms with Gasteiger partial charge in [-0.25, -0.2) is 4.79 Å². The number of furan rings is 1. The van der Waals surface area contributed by atoms with Crippen LogP contribution in [0.25, 0.3) is 0 Å². The molecule has 0 aliphatic heterocycles. The Morgan fingerprint density at radius 1 is 1.36 bits per heavy atom. The highest BCUT2D eigenvalue weighted by Crippen LogP contribution is 2.42. The summed E-state index contributed by atoms with van der Waals surface area (Å²) in [5.74, 6) is -0.824. The molecule has 1 aromatic carbocycles. The Kier molecular flexibility index (Phi) is 3.98. The van der Waals surface area contributed by atoms with Gasteiger partial charge in [-0.2, -0.15) is 0 Å². The second-order valence-corrected chi connectivity index (χ2v) is 5.80. The van der Waals surface area contributed by atoms with Crippen molar-refractivity contribution in [2.45, 2.75) is 25.7 Å². The number of fused-ring (bicyclic) bond motifs is 1. The van der Waals surface area contributed by atoms with Crippen LogP contribution in [0.3, 0.4) is 0 Å². The number of nitro benzene ring substituents is 1. The number of ether oxygens (including phenoxy) is 1. The van der Waals surface area contributed by atoms with Crippen LogP contribution in [0, 0.1) is 10.1 Å². The minimum absolute atomic E-state index is 0.00100. The normalized spacial score (nSPS) is 13.5. The van der Waals surface area contributed by atoms with Crippen molar-refractivity contribution >= 4 is 27.6 Å². The molecule has 1 aliphatic rings. The largest absolute Gasteiger partial charge is 0.457 e. The molecule has 114 valence electrons. The van der Waals surface area contributed by atoms with Gasteiger partial charge in [-0.15, -0.1) is 0 Å². The number of benzene rings is 1. The predicted octanol–water partition coefficient (Wildman–Crippen LogP) is 4.05. The van der Waals surface area contributed by atoms with Crippen LogP contribution in [0.1, 0.15) is 34.5 Å². The Morgan fingerprint density at radius 3 is 2.82 bits per heavy atom. The first-order chi connectivity index (χ1) is 10.6. The lowest BCUT2D eigenvalue weighted by molar-refractivity contribution is -0.385. The lowest BCUT2D eigenvalue weighted by atomic mass is 9.91. The van der Waals surface area contributed by atoms with Crippen molar-refractivity contribution in [1.82, 2.24) is 0 Å². The minimum atomic E-state index is -0.760. The third-order valence-corrected chi connectivity index (χ3v) is 4.47. The minimum Gasteiger partial charge on any atom is -0.457 e. The lowest BCUT2D eigenvalue weighted by Gasteiger charge is -2.19. The highest BCUT2D eigenvalue weighted by Gasteiger charge is 2.28. The van der Waals surface area contributed by atoms with E-state index in [1.165, 1.54) is 18.4 Å². The third kappa shape index (κ3) is 2.64. The van der Waals surface area contributed by atoms with Gasteiger partial charge >= 0.3 is 11.7 Å². The molecule has 22 heavy (non-hydrogen) atoms. The number of carbonyl (C=O) groups is 1. The monoisotopic (exact) mass is 365 g/mol. The van der Waals surface area contributed by atoms with Crippen LogP contribution in [0.5, 0.6) is 5.75 Å². The molecule has 1 aromatic heterocycles. The first-order valence-corrected chi connectivity index (χ1v) is 7.61. The van der Waals surface area contributed by atoms with Gasteiger partial charge in [0.2, 0.25) is 11.5 Å². The van der Waals surface area contributed by atoms with Crippen molar-refractivity contribution in [3.8, 4) is 5.75 Å². The number of esters is 1. The number of carbonyl (C=O) groups excluding carboxylic acids is 1. The molecule has 0 N–H and O–H groups in total. The zero-order valence-corrected chi connectivity index (χ0v) is 13.1. The van der Waals surface area contributed by atoms with Gasteiger partial charge < -0.3 is 9.15 Å². The van der Waals surface area contributed by atoms with E-state index in [0.29, 0.717) is 4.47 Å². The summed E-state index contributed by atoms with van der Waals surface area (Å²) in [5, 5.41) is 11.3. The van der Waals surface area contributed by atoms with Crippen LogP contribution < -0.4 is 4.74 Å². The number of rotatable bonds is 3. The summed E-state index contributed by atoms with van der Waals surface area (Å²) in [4.78, 5) is 22.8. The van der Waals surface area contributed by atoms with Crippen molar-refractivity contribution in [2.24, 2.45) is 0 Å². The van der Waals surface area contributed by atoms with Crippen LogP contribution in [-0.4, -0.2) is 10.9 Å². The smallest absolute Gasteiger partial charge is 0.379 e. The van der Waals surface area contributed by atoms with Crippen LogP contribution in [-0.2, 0) is 12.8 Å². The Hall–Kier alpha value is -2.15. The first-order valence-electron chi connectivity index (χ1n) is 6.82. The molecular formula is C15H12BrNO5. The van der Waals surface area contributed by atoms with Crippen LogP contribution in [0.2, 0.25) is 0 Å². The van der Waals surface area contributed by atoms with Gasteiger partial charge in [-0.3, -0.25) is 10.1 Å². The Labute approximate surface area is 134 Å². The number of halogens is 1. The molecule has 3 rings (SSSR count). The number of aryl methyl sites for hydroxylation is 1. The van der Waals surface area contributed by atoms with E-state index < -0.39 is 10.9 Å². The van der Waals surface area contributed by atoms with E-state index in [1.54, 1.807) is 6.07 Å². The van der Waals surface area contributed by atoms with E-state index in [2.05, 4.69) is 15.9 Å².